The molecule has 0 aliphatic rings. The van der Waals surface area contributed by atoms with Gasteiger partial charge in [-0.3, -0.25) is 0 Å². The number of carboxylic acid groups (broad SMARTS) is 1. The van der Waals surface area contributed by atoms with Crippen LogP contribution in [0.5, 0.6) is 11.6 Å². The number of nitrogens with one attached hydrogen (secondary N) is 1. The van der Waals surface area contributed by atoms with Gasteiger partial charge in [0.05, 0.1) is 24.8 Å². The highest BCUT2D eigenvalue weighted by Gasteiger charge is 2.16. The molecule has 0 saturated heterocycles. The summed E-state index contributed by atoms with van der Waals surface area (Å²) in [4.78, 5) is 22.5. The van der Waals surface area contributed by atoms with Crippen LogP contribution in [0, 0.1) is 12.7 Å². The van der Waals surface area contributed by atoms with E-state index in [1.54, 1.807) is 25.6 Å². The summed E-state index contributed by atoms with van der Waals surface area (Å²) in [6, 6.07) is 11.2. The molecule has 0 aliphatic heterocycles. The van der Waals surface area contributed by atoms with Gasteiger partial charge in [-0.1, -0.05) is 12.1 Å². The van der Waals surface area contributed by atoms with E-state index in [0.29, 0.717) is 22.8 Å². The molecule has 162 valence electrons. The third-order valence-electron chi connectivity index (χ3n) is 4.63. The first kappa shape index (κ1) is 20.9. The van der Waals surface area contributed by atoms with E-state index in [1.165, 1.54) is 24.3 Å². The lowest BCUT2D eigenvalue weighted by atomic mass is 10.1. The molecule has 0 unspecified atom stereocenters. The molecule has 2 heterocycles. The molecular weight excluding hydrogens is 415 g/mol. The molecule has 0 fully saturated rings. The molecule has 9 heteroatoms. The molecule has 0 saturated carbocycles. The summed E-state index contributed by atoms with van der Waals surface area (Å²) in [7, 11) is 1.59. The second-order valence-corrected chi connectivity index (χ2v) is 6.86. The zero-order valence-corrected chi connectivity index (χ0v) is 17.2. The number of hydrogen-bond donors (Lipinski definition) is 2. The van der Waals surface area contributed by atoms with Crippen LogP contribution in [0.1, 0.15) is 17.1 Å². The highest BCUT2D eigenvalue weighted by atomic mass is 19.1. The van der Waals surface area contributed by atoms with E-state index in [2.05, 4.69) is 15.0 Å². The summed E-state index contributed by atoms with van der Waals surface area (Å²) in [5, 5.41) is 9.00. The molecule has 8 nitrogen and oxygen atoms in total. The Morgan fingerprint density at radius 2 is 1.97 bits per heavy atom. The van der Waals surface area contributed by atoms with E-state index >= 15 is 0 Å². The lowest BCUT2D eigenvalue weighted by Crippen LogP contribution is -2.04. The van der Waals surface area contributed by atoms with Crippen LogP contribution in [0.3, 0.4) is 0 Å². The molecule has 0 spiro atoms. The number of imidazole rings is 2. The summed E-state index contributed by atoms with van der Waals surface area (Å²) in [6.07, 6.45) is 5.59. The van der Waals surface area contributed by atoms with Gasteiger partial charge in [-0.15, -0.1) is 0 Å². The van der Waals surface area contributed by atoms with Crippen molar-refractivity contribution in [1.82, 2.24) is 19.5 Å². The Balaban J connectivity index is 1.64. The zero-order valence-electron chi connectivity index (χ0n) is 17.2. The van der Waals surface area contributed by atoms with Gasteiger partial charge < -0.3 is 24.1 Å². The van der Waals surface area contributed by atoms with E-state index in [4.69, 9.17) is 14.6 Å². The monoisotopic (exact) mass is 434 g/mol. The van der Waals surface area contributed by atoms with Gasteiger partial charge in [-0.2, -0.15) is 4.98 Å². The number of methoxy groups -OCH3 is 1. The number of nitrogens with zero attached hydrogens (tertiary/aromatic N) is 3. The topological polar surface area (TPSA) is 102 Å². The van der Waals surface area contributed by atoms with Crippen LogP contribution in [-0.2, 0) is 0 Å². The normalized spacial score (nSPS) is 11.1. The van der Waals surface area contributed by atoms with Crippen LogP contribution in [0.15, 0.2) is 55.0 Å². The largest absolute Gasteiger partial charge is 0.512 e. The first-order chi connectivity index (χ1) is 15.4. The average Bonchev–Trinajstić information content (AvgIpc) is 3.38. The minimum Gasteiger partial charge on any atom is -0.495 e. The van der Waals surface area contributed by atoms with Crippen LogP contribution in [0.25, 0.3) is 29.1 Å². The van der Waals surface area contributed by atoms with Crippen molar-refractivity contribution in [1.29, 1.82) is 0 Å². The SMILES string of the molecule is COc1cc(/C=C/c2nc(OC(=O)O)c(-c3ccc(F)cc3)[nH]2)ccc1-n1cnc(C)c1. The van der Waals surface area contributed by atoms with Gasteiger partial charge >= 0.3 is 6.16 Å². The standard InChI is InChI=1S/C23H19FN4O4/c1-14-12-28(13-25-14)18-9-3-15(11-19(18)31-2)4-10-20-26-21(22(27-20)32-23(29)30)16-5-7-17(24)8-6-16/h3-13H,1-2H3,(H,26,27)(H,29,30)/b10-4+. The molecule has 2 aromatic heterocycles. The molecule has 2 N–H and O–H groups in total. The van der Waals surface area contributed by atoms with E-state index in [0.717, 1.165) is 16.9 Å². The van der Waals surface area contributed by atoms with Gasteiger partial charge in [0, 0.05) is 11.8 Å². The van der Waals surface area contributed by atoms with Crippen molar-refractivity contribution in [3.05, 3.63) is 77.9 Å². The highest BCUT2D eigenvalue weighted by Crippen LogP contribution is 2.29. The maximum atomic E-state index is 13.2. The summed E-state index contributed by atoms with van der Waals surface area (Å²) >= 11 is 0. The molecule has 0 bridgehead atoms. The number of rotatable bonds is 6. The van der Waals surface area contributed by atoms with E-state index in [-0.39, 0.29) is 5.88 Å². The fourth-order valence-corrected chi connectivity index (χ4v) is 3.16. The van der Waals surface area contributed by atoms with Crippen molar-refractivity contribution in [2.24, 2.45) is 0 Å². The van der Waals surface area contributed by atoms with E-state index < -0.39 is 12.0 Å². The van der Waals surface area contributed by atoms with Crippen LogP contribution < -0.4 is 9.47 Å². The predicted octanol–water partition coefficient (Wildman–Crippen LogP) is 4.95. The van der Waals surface area contributed by atoms with E-state index in [9.17, 15) is 9.18 Å². The molecule has 0 radical (unpaired) electrons. The second kappa shape index (κ2) is 8.76. The van der Waals surface area contributed by atoms with Crippen molar-refractivity contribution in [3.8, 4) is 28.6 Å². The molecule has 4 aromatic rings. The summed E-state index contributed by atoms with van der Waals surface area (Å²) in [6.45, 7) is 1.91. The molecule has 0 aliphatic carbocycles. The summed E-state index contributed by atoms with van der Waals surface area (Å²) in [5.41, 5.74) is 3.44. The lowest BCUT2D eigenvalue weighted by Gasteiger charge is -2.09. The number of aromatic amines is 1. The Bertz CT molecular complexity index is 1290. The Morgan fingerprint density at radius 1 is 1.19 bits per heavy atom. The van der Waals surface area contributed by atoms with Crippen molar-refractivity contribution < 1.29 is 23.8 Å². The molecular formula is C23H19FN4O4. The van der Waals surface area contributed by atoms with Crippen molar-refractivity contribution in [2.75, 3.05) is 7.11 Å². The maximum Gasteiger partial charge on any atom is 0.512 e. The van der Waals surface area contributed by atoms with Gasteiger partial charge in [0.25, 0.3) is 5.88 Å². The number of halogens is 1. The van der Waals surface area contributed by atoms with Gasteiger partial charge in [-0.25, -0.2) is 14.2 Å². The predicted molar refractivity (Wildman–Crippen MR) is 116 cm³/mol. The fraction of sp³-hybridized carbons (Fsp3) is 0.0870. The number of aryl methyl sites for hydroxylation is 1. The first-order valence-corrected chi connectivity index (χ1v) is 9.57. The highest BCUT2D eigenvalue weighted by molar-refractivity contribution is 5.74. The zero-order chi connectivity index (χ0) is 22.7. The van der Waals surface area contributed by atoms with Crippen LogP contribution >= 0.6 is 0 Å². The van der Waals surface area contributed by atoms with Gasteiger partial charge in [0.1, 0.15) is 23.1 Å². The third-order valence-corrected chi connectivity index (χ3v) is 4.63. The second-order valence-electron chi connectivity index (χ2n) is 6.86. The number of aromatic nitrogens is 4. The quantitative estimate of drug-likeness (QED) is 0.417. The Hall–Kier alpha value is -4.40. The van der Waals surface area contributed by atoms with Gasteiger partial charge in [0.15, 0.2) is 0 Å². The molecule has 0 atom stereocenters. The van der Waals surface area contributed by atoms with Crippen molar-refractivity contribution >= 4 is 18.3 Å². The molecule has 32 heavy (non-hydrogen) atoms. The van der Waals surface area contributed by atoms with Gasteiger partial charge in [-0.05, 0) is 55.0 Å². The lowest BCUT2D eigenvalue weighted by molar-refractivity contribution is 0.143. The Morgan fingerprint density at radius 3 is 2.62 bits per heavy atom. The summed E-state index contributed by atoms with van der Waals surface area (Å²) < 4.78 is 25.4. The number of carbonyl (C=O) groups is 1. The minimum atomic E-state index is -1.49. The number of hydrogen-bond acceptors (Lipinski definition) is 5. The van der Waals surface area contributed by atoms with Crippen LogP contribution in [0.2, 0.25) is 0 Å². The van der Waals surface area contributed by atoms with Crippen LogP contribution in [-0.4, -0.2) is 37.9 Å². The van der Waals surface area contributed by atoms with Crippen molar-refractivity contribution in [2.45, 2.75) is 6.92 Å². The number of benzene rings is 2. The Labute approximate surface area is 182 Å². The summed E-state index contributed by atoms with van der Waals surface area (Å²) in [5.74, 6) is 0.504. The Kier molecular flexibility index (Phi) is 5.71. The minimum absolute atomic E-state index is 0.118. The van der Waals surface area contributed by atoms with Crippen LogP contribution in [0.4, 0.5) is 9.18 Å². The maximum absolute atomic E-state index is 13.2. The third kappa shape index (κ3) is 4.51. The number of ether oxygens (including phenoxy) is 2. The first-order valence-electron chi connectivity index (χ1n) is 9.57. The smallest absolute Gasteiger partial charge is 0.495 e. The average molecular weight is 434 g/mol. The molecule has 0 amide bonds. The van der Waals surface area contributed by atoms with Gasteiger partial charge in [0.2, 0.25) is 0 Å². The molecule has 4 rings (SSSR count). The molecule has 2 aromatic carbocycles. The fourth-order valence-electron chi connectivity index (χ4n) is 3.16. The van der Waals surface area contributed by atoms with E-state index in [1.807, 2.05) is 35.9 Å². The number of H-pyrrole nitrogens is 1. The van der Waals surface area contributed by atoms with Crippen molar-refractivity contribution in [3.63, 3.8) is 0 Å².